The Labute approximate surface area is 302 Å². The van der Waals surface area contributed by atoms with Crippen LogP contribution in [-0.2, 0) is 23.8 Å². The zero-order valence-electron chi connectivity index (χ0n) is 30.2. The number of nitrogens with zero attached hydrogens (tertiary/aromatic N) is 3. The molecular formula is C39H46N6O7. The summed E-state index contributed by atoms with van der Waals surface area (Å²) in [4.78, 5) is 54.1. The lowest BCUT2D eigenvalue weighted by Crippen LogP contribution is -2.54. The number of furan rings is 1. The molecule has 5 heterocycles. The van der Waals surface area contributed by atoms with E-state index in [9.17, 15) is 14.4 Å². The minimum Gasteiger partial charge on any atom is -0.456 e. The van der Waals surface area contributed by atoms with Crippen molar-refractivity contribution < 1.29 is 33.0 Å². The Morgan fingerprint density at radius 3 is 2.21 bits per heavy atom. The maximum Gasteiger partial charge on any atom is 0.407 e. The molecule has 13 nitrogen and oxygen atoms in total. The summed E-state index contributed by atoms with van der Waals surface area (Å²) in [5, 5.41) is 4.67. The Morgan fingerprint density at radius 1 is 0.865 bits per heavy atom. The van der Waals surface area contributed by atoms with E-state index in [1.54, 1.807) is 18.9 Å². The fourth-order valence-corrected chi connectivity index (χ4v) is 7.57. The molecule has 274 valence electrons. The van der Waals surface area contributed by atoms with Gasteiger partial charge in [0.05, 0.1) is 49.7 Å². The first kappa shape index (κ1) is 35.3. The van der Waals surface area contributed by atoms with Gasteiger partial charge in [-0.15, -0.1) is 0 Å². The molecule has 13 heteroatoms. The minimum absolute atomic E-state index is 0.0794. The largest absolute Gasteiger partial charge is 0.456 e. The molecule has 0 spiro atoms. The first-order valence-corrected chi connectivity index (χ1v) is 17.9. The van der Waals surface area contributed by atoms with Crippen LogP contribution in [0.3, 0.4) is 0 Å². The summed E-state index contributed by atoms with van der Waals surface area (Å²) in [6.07, 6.45) is 4.28. The Morgan fingerprint density at radius 2 is 1.54 bits per heavy atom. The van der Waals surface area contributed by atoms with Crippen LogP contribution in [0.5, 0.6) is 0 Å². The smallest absolute Gasteiger partial charge is 0.407 e. The first-order valence-electron chi connectivity index (χ1n) is 17.9. The molecule has 3 N–H and O–H groups in total. The van der Waals surface area contributed by atoms with Gasteiger partial charge in [-0.25, -0.2) is 9.78 Å². The van der Waals surface area contributed by atoms with Gasteiger partial charge in [0.1, 0.15) is 23.0 Å². The van der Waals surface area contributed by atoms with Gasteiger partial charge in [0.2, 0.25) is 11.8 Å². The normalized spacial score (nSPS) is 19.3. The molecule has 0 bridgehead atoms. The summed E-state index contributed by atoms with van der Waals surface area (Å²) >= 11 is 0. The molecule has 0 unspecified atom stereocenters. The van der Waals surface area contributed by atoms with Gasteiger partial charge in [0.25, 0.3) is 0 Å². The lowest BCUT2D eigenvalue weighted by Gasteiger charge is -2.31. The van der Waals surface area contributed by atoms with Gasteiger partial charge in [-0.2, -0.15) is 0 Å². The van der Waals surface area contributed by atoms with E-state index in [1.807, 2.05) is 42.3 Å². The highest BCUT2D eigenvalue weighted by Crippen LogP contribution is 2.38. The van der Waals surface area contributed by atoms with E-state index in [4.69, 9.17) is 23.6 Å². The molecule has 5 atom stereocenters. The van der Waals surface area contributed by atoms with E-state index in [0.29, 0.717) is 13.0 Å². The molecule has 3 amide bonds. The van der Waals surface area contributed by atoms with Crippen LogP contribution in [0.15, 0.2) is 59.1 Å². The van der Waals surface area contributed by atoms with Crippen LogP contribution in [0.4, 0.5) is 4.79 Å². The van der Waals surface area contributed by atoms with E-state index in [2.05, 4.69) is 39.6 Å². The number of rotatable bonds is 11. The van der Waals surface area contributed by atoms with Crippen LogP contribution < -0.4 is 5.32 Å². The number of hydrogen-bond donors (Lipinski definition) is 3. The third-order valence-electron chi connectivity index (χ3n) is 10.6. The molecule has 5 aromatic rings. The fourth-order valence-electron chi connectivity index (χ4n) is 7.57. The van der Waals surface area contributed by atoms with Crippen molar-refractivity contribution in [2.75, 3.05) is 34.4 Å². The molecule has 2 aromatic carbocycles. The van der Waals surface area contributed by atoms with E-state index < -0.39 is 18.2 Å². The fraction of sp³-hybridized carbons (Fsp3) is 0.436. The van der Waals surface area contributed by atoms with Gasteiger partial charge < -0.3 is 43.7 Å². The first-order chi connectivity index (χ1) is 25.2. The number of alkyl carbamates (subject to hydrolysis) is 1. The molecule has 2 aliphatic heterocycles. The summed E-state index contributed by atoms with van der Waals surface area (Å²) in [6.45, 7) is 4.95. The molecule has 0 aliphatic carbocycles. The number of fused-ring (bicyclic) bond motifs is 3. The summed E-state index contributed by atoms with van der Waals surface area (Å²) in [7, 11) is 4.40. The topological polar surface area (TPSA) is 155 Å². The maximum absolute atomic E-state index is 13.7. The van der Waals surface area contributed by atoms with E-state index >= 15 is 0 Å². The number of methoxy groups -OCH3 is 3. The summed E-state index contributed by atoms with van der Waals surface area (Å²) < 4.78 is 21.9. The highest BCUT2D eigenvalue weighted by atomic mass is 16.5. The number of nitrogens with one attached hydrogen (secondary N) is 3. The number of carbonyl (C=O) groups excluding carboxylic acids is 3. The number of H-pyrrole nitrogens is 2. The lowest BCUT2D eigenvalue weighted by molar-refractivity contribution is -0.137. The van der Waals surface area contributed by atoms with Crippen molar-refractivity contribution >= 4 is 39.8 Å². The van der Waals surface area contributed by atoms with Crippen molar-refractivity contribution in [3.8, 4) is 22.5 Å². The predicted molar refractivity (Wildman–Crippen MR) is 195 cm³/mol. The van der Waals surface area contributed by atoms with E-state index in [0.717, 1.165) is 88.2 Å². The third kappa shape index (κ3) is 6.78. The predicted octanol–water partition coefficient (Wildman–Crippen LogP) is 6.48. The summed E-state index contributed by atoms with van der Waals surface area (Å²) in [5.41, 5.74) is 6.13. The molecule has 7 rings (SSSR count). The Balaban J connectivity index is 1.09. The van der Waals surface area contributed by atoms with Crippen LogP contribution in [0.2, 0.25) is 0 Å². The minimum atomic E-state index is -0.873. The third-order valence-corrected chi connectivity index (χ3v) is 10.6. The second-order valence-corrected chi connectivity index (χ2v) is 13.8. The van der Waals surface area contributed by atoms with Crippen molar-refractivity contribution in [2.45, 2.75) is 76.3 Å². The number of amides is 3. The average Bonchev–Trinajstić information content (AvgIpc) is 4.00. The number of aromatic nitrogens is 3. The van der Waals surface area contributed by atoms with Crippen LogP contribution in [-0.4, -0.2) is 95.3 Å². The van der Waals surface area contributed by atoms with Crippen LogP contribution in [0, 0.1) is 0 Å². The van der Waals surface area contributed by atoms with Crippen molar-refractivity contribution in [1.82, 2.24) is 30.1 Å². The maximum atomic E-state index is 13.7. The van der Waals surface area contributed by atoms with Gasteiger partial charge in [0, 0.05) is 60.6 Å². The Hall–Kier alpha value is -5.14. The van der Waals surface area contributed by atoms with E-state index in [1.165, 1.54) is 14.2 Å². The molecule has 0 radical (unpaired) electrons. The van der Waals surface area contributed by atoms with Gasteiger partial charge in [-0.3, -0.25) is 9.59 Å². The average molecular weight is 711 g/mol. The number of carbonyl (C=O) groups is 3. The SMILES string of the molecule is COC(=O)N[C@H](C(=O)N1CCC[C@H]1c1ccc(-c2ccc3c(c2)oc2cc(-c4cnc([C@@H]5CCCN5C(=O)C[C@@H](C)OC)[nH]4)ccc23)[nH]1)[C@@H](C)OC. The Bertz CT molecular complexity index is 2080. The van der Waals surface area contributed by atoms with Crippen molar-refractivity contribution in [3.63, 3.8) is 0 Å². The monoisotopic (exact) mass is 710 g/mol. The number of benzene rings is 2. The second-order valence-electron chi connectivity index (χ2n) is 13.8. The zero-order chi connectivity index (χ0) is 36.5. The lowest BCUT2D eigenvalue weighted by atomic mass is 10.1. The number of ether oxygens (including phenoxy) is 3. The quantitative estimate of drug-likeness (QED) is 0.141. The van der Waals surface area contributed by atoms with Crippen LogP contribution >= 0.6 is 0 Å². The number of likely N-dealkylation sites (tertiary alicyclic amines) is 2. The number of imidazole rings is 1. The molecule has 2 saturated heterocycles. The molecule has 52 heavy (non-hydrogen) atoms. The Kier molecular flexibility index (Phi) is 10.1. The number of hydrogen-bond acceptors (Lipinski definition) is 8. The molecule has 3 aromatic heterocycles. The van der Waals surface area contributed by atoms with Crippen LogP contribution in [0.1, 0.15) is 69.6 Å². The van der Waals surface area contributed by atoms with Crippen molar-refractivity contribution in [3.05, 3.63) is 66.2 Å². The van der Waals surface area contributed by atoms with Crippen molar-refractivity contribution in [2.24, 2.45) is 0 Å². The molecule has 0 saturated carbocycles. The molecule has 2 fully saturated rings. The van der Waals surface area contributed by atoms with Gasteiger partial charge in [0.15, 0.2) is 0 Å². The van der Waals surface area contributed by atoms with Gasteiger partial charge in [-0.1, -0.05) is 12.1 Å². The molecular weight excluding hydrogens is 664 g/mol. The number of aromatic amines is 2. The van der Waals surface area contributed by atoms with Gasteiger partial charge >= 0.3 is 6.09 Å². The molecule has 2 aliphatic rings. The van der Waals surface area contributed by atoms with Crippen LogP contribution in [0.25, 0.3) is 44.5 Å². The zero-order valence-corrected chi connectivity index (χ0v) is 30.2. The summed E-state index contributed by atoms with van der Waals surface area (Å²) in [5.74, 6) is 0.661. The van der Waals surface area contributed by atoms with Crippen molar-refractivity contribution in [1.29, 1.82) is 0 Å². The highest BCUT2D eigenvalue weighted by Gasteiger charge is 2.38. The van der Waals surface area contributed by atoms with E-state index in [-0.39, 0.29) is 30.0 Å². The summed E-state index contributed by atoms with van der Waals surface area (Å²) in [6, 6.07) is 15.2. The standard InChI is InChI=1S/C39H46N6O7/c1-22(49-3)18-35(46)44-16-7-9-32(44)37-40-21-30(42-37)25-11-13-27-26-12-10-24(19-33(26)52-34(27)20-25)28-14-15-29(41-28)31-8-6-17-45(31)38(47)36(23(2)50-4)43-39(48)51-5/h10-15,19-23,31-32,36,41H,6-9,16-18H2,1-5H3,(H,40,42)(H,43,48)/t22-,23-,31+,32+,36+/m1/s1. The van der Waals surface area contributed by atoms with Gasteiger partial charge in [-0.05, 0) is 75.9 Å². The highest BCUT2D eigenvalue weighted by molar-refractivity contribution is 6.06. The second kappa shape index (κ2) is 14.8.